The minimum absolute atomic E-state index is 0.792. The Morgan fingerprint density at radius 2 is 2.50 bits per heavy atom. The molecule has 0 aliphatic rings. The first-order chi connectivity index (χ1) is 6.93. The SMILES string of the molecule is CCOCCNCCSc1nncs1. The maximum atomic E-state index is 5.20. The molecule has 0 amide bonds. The molecule has 0 unspecified atom stereocenters. The molecular weight excluding hydrogens is 218 g/mol. The minimum atomic E-state index is 0.792. The first-order valence-electron chi connectivity index (χ1n) is 4.61. The first kappa shape index (κ1) is 11.9. The van der Waals surface area contributed by atoms with Gasteiger partial charge >= 0.3 is 0 Å². The summed E-state index contributed by atoms with van der Waals surface area (Å²) in [6.07, 6.45) is 0. The topological polar surface area (TPSA) is 47.0 Å². The molecule has 0 saturated carbocycles. The molecule has 4 nitrogen and oxygen atoms in total. The maximum absolute atomic E-state index is 5.20. The van der Waals surface area contributed by atoms with E-state index in [-0.39, 0.29) is 0 Å². The van der Waals surface area contributed by atoms with Gasteiger partial charge in [-0.25, -0.2) is 0 Å². The average molecular weight is 233 g/mol. The summed E-state index contributed by atoms with van der Waals surface area (Å²) in [5.74, 6) is 1.03. The third-order valence-electron chi connectivity index (χ3n) is 1.47. The van der Waals surface area contributed by atoms with Crippen molar-refractivity contribution in [1.82, 2.24) is 15.5 Å². The van der Waals surface area contributed by atoms with Gasteiger partial charge in [0, 0.05) is 25.4 Å². The lowest BCUT2D eigenvalue weighted by molar-refractivity contribution is 0.150. The molecule has 0 spiro atoms. The second-order valence-corrected chi connectivity index (χ2v) is 4.68. The fourth-order valence-corrected chi connectivity index (χ4v) is 2.31. The molecule has 1 rings (SSSR count). The van der Waals surface area contributed by atoms with E-state index in [4.69, 9.17) is 4.74 Å². The minimum Gasteiger partial charge on any atom is -0.380 e. The van der Waals surface area contributed by atoms with Crippen LogP contribution < -0.4 is 5.32 Å². The Balaban J connectivity index is 1.85. The largest absolute Gasteiger partial charge is 0.380 e. The second-order valence-electron chi connectivity index (χ2n) is 2.50. The third kappa shape index (κ3) is 5.54. The van der Waals surface area contributed by atoms with Crippen molar-refractivity contribution in [3.8, 4) is 0 Å². The van der Waals surface area contributed by atoms with Gasteiger partial charge < -0.3 is 10.1 Å². The van der Waals surface area contributed by atoms with E-state index in [9.17, 15) is 0 Å². The zero-order valence-electron chi connectivity index (χ0n) is 8.23. The number of ether oxygens (including phenoxy) is 1. The molecule has 0 aliphatic heterocycles. The summed E-state index contributed by atoms with van der Waals surface area (Å²) in [6.45, 7) is 5.49. The van der Waals surface area contributed by atoms with Crippen LogP contribution in [-0.2, 0) is 4.74 Å². The number of thioether (sulfide) groups is 1. The van der Waals surface area contributed by atoms with E-state index in [0.717, 1.165) is 36.4 Å². The van der Waals surface area contributed by atoms with Gasteiger partial charge in [-0.2, -0.15) is 0 Å². The zero-order valence-corrected chi connectivity index (χ0v) is 9.87. The molecule has 14 heavy (non-hydrogen) atoms. The maximum Gasteiger partial charge on any atom is 0.174 e. The molecular formula is C8H15N3OS2. The van der Waals surface area contributed by atoms with Crippen molar-refractivity contribution < 1.29 is 4.74 Å². The highest BCUT2D eigenvalue weighted by molar-refractivity contribution is 8.01. The smallest absolute Gasteiger partial charge is 0.174 e. The van der Waals surface area contributed by atoms with Gasteiger partial charge in [-0.1, -0.05) is 23.1 Å². The summed E-state index contributed by atoms with van der Waals surface area (Å²) in [5, 5.41) is 11.0. The number of rotatable bonds is 8. The van der Waals surface area contributed by atoms with E-state index >= 15 is 0 Å². The van der Waals surface area contributed by atoms with Crippen molar-refractivity contribution in [3.05, 3.63) is 5.51 Å². The molecule has 0 aliphatic carbocycles. The molecule has 80 valence electrons. The highest BCUT2D eigenvalue weighted by Crippen LogP contribution is 2.17. The molecule has 0 radical (unpaired) electrons. The van der Waals surface area contributed by atoms with Crippen LogP contribution in [0.2, 0.25) is 0 Å². The van der Waals surface area contributed by atoms with Crippen LogP contribution in [0.3, 0.4) is 0 Å². The fourth-order valence-electron chi connectivity index (χ4n) is 0.850. The quantitative estimate of drug-likeness (QED) is 0.541. The number of nitrogens with one attached hydrogen (secondary N) is 1. The molecule has 1 aromatic rings. The van der Waals surface area contributed by atoms with Gasteiger partial charge in [0.2, 0.25) is 0 Å². The van der Waals surface area contributed by atoms with Crippen molar-refractivity contribution in [2.75, 3.05) is 32.1 Å². The predicted octanol–water partition coefficient (Wildman–Crippen LogP) is 1.26. The summed E-state index contributed by atoms with van der Waals surface area (Å²) in [5.41, 5.74) is 1.75. The van der Waals surface area contributed by atoms with Crippen LogP contribution in [0.4, 0.5) is 0 Å². The van der Waals surface area contributed by atoms with Crippen LogP contribution in [0.25, 0.3) is 0 Å². The van der Waals surface area contributed by atoms with Crippen molar-refractivity contribution >= 4 is 23.1 Å². The van der Waals surface area contributed by atoms with Gasteiger partial charge in [0.1, 0.15) is 5.51 Å². The van der Waals surface area contributed by atoms with Crippen LogP contribution in [-0.4, -0.2) is 42.3 Å². The molecule has 0 atom stereocenters. The van der Waals surface area contributed by atoms with Crippen molar-refractivity contribution in [1.29, 1.82) is 0 Å². The Labute approximate surface area is 92.5 Å². The zero-order chi connectivity index (χ0) is 10.1. The van der Waals surface area contributed by atoms with Gasteiger partial charge in [0.25, 0.3) is 0 Å². The van der Waals surface area contributed by atoms with E-state index in [2.05, 4.69) is 15.5 Å². The van der Waals surface area contributed by atoms with Crippen LogP contribution >= 0.6 is 23.1 Å². The summed E-state index contributed by atoms with van der Waals surface area (Å²) in [6, 6.07) is 0. The molecule has 1 heterocycles. The second kappa shape index (κ2) is 8.16. The summed E-state index contributed by atoms with van der Waals surface area (Å²) in [4.78, 5) is 0. The summed E-state index contributed by atoms with van der Waals surface area (Å²) >= 11 is 3.32. The van der Waals surface area contributed by atoms with E-state index < -0.39 is 0 Å². The molecule has 0 aromatic carbocycles. The van der Waals surface area contributed by atoms with Gasteiger partial charge in [-0.15, -0.1) is 10.2 Å². The Morgan fingerprint density at radius 1 is 1.57 bits per heavy atom. The number of hydrogen-bond donors (Lipinski definition) is 1. The van der Waals surface area contributed by atoms with Crippen LogP contribution in [0.15, 0.2) is 9.85 Å². The van der Waals surface area contributed by atoms with E-state index in [0.29, 0.717) is 0 Å². The van der Waals surface area contributed by atoms with Gasteiger partial charge in [-0.3, -0.25) is 0 Å². The van der Waals surface area contributed by atoms with Gasteiger partial charge in [0.15, 0.2) is 4.34 Å². The normalized spacial score (nSPS) is 10.6. The summed E-state index contributed by atoms with van der Waals surface area (Å²) in [7, 11) is 0. The fraction of sp³-hybridized carbons (Fsp3) is 0.750. The summed E-state index contributed by atoms with van der Waals surface area (Å²) < 4.78 is 6.23. The predicted molar refractivity (Wildman–Crippen MR) is 60.0 cm³/mol. The monoisotopic (exact) mass is 233 g/mol. The highest BCUT2D eigenvalue weighted by Gasteiger charge is 1.96. The molecule has 1 aromatic heterocycles. The molecule has 1 N–H and O–H groups in total. The molecule has 0 saturated heterocycles. The number of nitrogens with zero attached hydrogens (tertiary/aromatic N) is 2. The standard InChI is InChI=1S/C8H15N3OS2/c1-2-12-5-3-9-4-6-13-8-11-10-7-14-8/h7,9H,2-6H2,1H3. The van der Waals surface area contributed by atoms with Crippen molar-refractivity contribution in [2.24, 2.45) is 0 Å². The van der Waals surface area contributed by atoms with Gasteiger partial charge in [0.05, 0.1) is 6.61 Å². The number of aromatic nitrogens is 2. The lowest BCUT2D eigenvalue weighted by Gasteiger charge is -2.02. The van der Waals surface area contributed by atoms with Crippen LogP contribution in [0.5, 0.6) is 0 Å². The van der Waals surface area contributed by atoms with Gasteiger partial charge in [-0.05, 0) is 6.92 Å². The Bertz CT molecular complexity index is 218. The lowest BCUT2D eigenvalue weighted by atomic mass is 10.6. The van der Waals surface area contributed by atoms with Crippen LogP contribution in [0.1, 0.15) is 6.92 Å². The average Bonchev–Trinajstić information content (AvgIpc) is 2.69. The van der Waals surface area contributed by atoms with E-state index in [1.165, 1.54) is 0 Å². The Kier molecular flexibility index (Phi) is 6.94. The van der Waals surface area contributed by atoms with Crippen molar-refractivity contribution in [3.63, 3.8) is 0 Å². The number of hydrogen-bond acceptors (Lipinski definition) is 6. The first-order valence-corrected chi connectivity index (χ1v) is 6.47. The van der Waals surface area contributed by atoms with E-state index in [1.54, 1.807) is 28.6 Å². The Morgan fingerprint density at radius 3 is 3.21 bits per heavy atom. The molecule has 0 bridgehead atoms. The van der Waals surface area contributed by atoms with Crippen molar-refractivity contribution in [2.45, 2.75) is 11.3 Å². The Hall–Kier alpha value is -0.170. The molecule has 6 heteroatoms. The third-order valence-corrected chi connectivity index (χ3v) is 3.33. The van der Waals surface area contributed by atoms with E-state index in [1.807, 2.05) is 6.92 Å². The lowest BCUT2D eigenvalue weighted by Crippen LogP contribution is -2.22. The van der Waals surface area contributed by atoms with Crippen LogP contribution in [0, 0.1) is 0 Å². The highest BCUT2D eigenvalue weighted by atomic mass is 32.2. The molecule has 0 fully saturated rings.